The monoisotopic (exact) mass is 411 g/mol. The van der Waals surface area contributed by atoms with Crippen LogP contribution in [0.2, 0.25) is 0 Å². The fourth-order valence-corrected chi connectivity index (χ4v) is 4.58. The highest BCUT2D eigenvalue weighted by Crippen LogP contribution is 2.58. The molecule has 1 unspecified atom stereocenters. The lowest BCUT2D eigenvalue weighted by Crippen LogP contribution is -2.35. The van der Waals surface area contributed by atoms with E-state index in [1.165, 1.54) is 5.56 Å². The van der Waals surface area contributed by atoms with E-state index in [1.807, 2.05) is 18.2 Å². The van der Waals surface area contributed by atoms with Crippen LogP contribution in [0.5, 0.6) is 0 Å². The molecule has 0 radical (unpaired) electrons. The average molecular weight is 412 g/mol. The van der Waals surface area contributed by atoms with Crippen molar-refractivity contribution in [2.75, 3.05) is 13.1 Å². The fraction of sp³-hybridized carbons (Fsp3) is 0.556. The summed E-state index contributed by atoms with van der Waals surface area (Å²) in [5, 5.41) is 0. The molecular formula is C27H35F2N. The van der Waals surface area contributed by atoms with E-state index in [0.29, 0.717) is 42.9 Å². The van der Waals surface area contributed by atoms with Gasteiger partial charge in [-0.1, -0.05) is 55.5 Å². The first kappa shape index (κ1) is 21.5. The smallest absolute Gasteiger partial charge is 0.136 e. The molecule has 0 heterocycles. The first-order valence-electron chi connectivity index (χ1n) is 11.7. The van der Waals surface area contributed by atoms with Gasteiger partial charge in [-0.3, -0.25) is 0 Å². The highest BCUT2D eigenvalue weighted by molar-refractivity contribution is 5.44. The molecule has 2 saturated carbocycles. The van der Waals surface area contributed by atoms with Gasteiger partial charge in [0.2, 0.25) is 0 Å². The Morgan fingerprint density at radius 3 is 2.13 bits per heavy atom. The van der Waals surface area contributed by atoms with Crippen LogP contribution in [0.3, 0.4) is 0 Å². The van der Waals surface area contributed by atoms with Crippen molar-refractivity contribution < 1.29 is 8.78 Å². The van der Waals surface area contributed by atoms with Gasteiger partial charge in [-0.2, -0.15) is 0 Å². The number of hydrogen-bond donors (Lipinski definition) is 0. The zero-order valence-corrected chi connectivity index (χ0v) is 18.5. The topological polar surface area (TPSA) is 3.24 Å². The minimum atomic E-state index is -1.28. The summed E-state index contributed by atoms with van der Waals surface area (Å²) in [6, 6.07) is 17.0. The number of halogens is 2. The van der Waals surface area contributed by atoms with Gasteiger partial charge in [-0.05, 0) is 87.1 Å². The molecule has 2 aromatic carbocycles. The summed E-state index contributed by atoms with van der Waals surface area (Å²) in [6.45, 7) is 6.68. The van der Waals surface area contributed by atoms with Gasteiger partial charge in [0.15, 0.2) is 0 Å². The van der Waals surface area contributed by atoms with Crippen molar-refractivity contribution in [1.82, 2.24) is 4.90 Å². The molecule has 2 aromatic rings. The molecular weight excluding hydrogens is 376 g/mol. The molecule has 0 saturated heterocycles. The van der Waals surface area contributed by atoms with Gasteiger partial charge < -0.3 is 4.90 Å². The third kappa shape index (κ3) is 4.94. The van der Waals surface area contributed by atoms with Gasteiger partial charge in [-0.15, -0.1) is 0 Å². The molecule has 4 rings (SSSR count). The highest BCUT2D eigenvalue weighted by atomic mass is 19.1. The zero-order valence-electron chi connectivity index (χ0n) is 18.5. The number of rotatable bonds is 11. The van der Waals surface area contributed by atoms with Crippen molar-refractivity contribution in [3.8, 4) is 0 Å². The first-order chi connectivity index (χ1) is 14.4. The van der Waals surface area contributed by atoms with E-state index in [9.17, 15) is 8.78 Å². The molecule has 0 aromatic heterocycles. The van der Waals surface area contributed by atoms with Crippen LogP contribution in [0, 0.1) is 0 Å². The van der Waals surface area contributed by atoms with Gasteiger partial charge >= 0.3 is 0 Å². The summed E-state index contributed by atoms with van der Waals surface area (Å²) in [5.74, 6) is 0. The number of alkyl halides is 2. The van der Waals surface area contributed by atoms with Crippen molar-refractivity contribution >= 4 is 0 Å². The molecule has 0 aliphatic heterocycles. The summed E-state index contributed by atoms with van der Waals surface area (Å²) in [4.78, 5) is 2.57. The maximum Gasteiger partial charge on any atom is 0.136 e. The van der Waals surface area contributed by atoms with E-state index in [1.54, 1.807) is 0 Å². The second kappa shape index (κ2) is 8.78. The van der Waals surface area contributed by atoms with E-state index in [0.717, 1.165) is 44.3 Å². The molecule has 2 aliphatic carbocycles. The minimum Gasteiger partial charge on any atom is -0.300 e. The fourth-order valence-electron chi connectivity index (χ4n) is 4.58. The van der Waals surface area contributed by atoms with Crippen molar-refractivity contribution in [1.29, 1.82) is 0 Å². The van der Waals surface area contributed by atoms with E-state index in [-0.39, 0.29) is 0 Å². The highest BCUT2D eigenvalue weighted by Gasteiger charge is 2.53. The van der Waals surface area contributed by atoms with Crippen LogP contribution in [-0.2, 0) is 24.2 Å². The second-order valence-electron chi connectivity index (χ2n) is 9.47. The molecule has 0 bridgehead atoms. The van der Waals surface area contributed by atoms with Gasteiger partial charge in [0.25, 0.3) is 0 Å². The summed E-state index contributed by atoms with van der Waals surface area (Å²) in [5.41, 5.74) is 1.25. The lowest BCUT2D eigenvalue weighted by Gasteiger charge is -2.29. The van der Waals surface area contributed by atoms with Crippen LogP contribution in [-0.4, -0.2) is 24.0 Å². The Balaban J connectivity index is 1.39. The first-order valence-corrected chi connectivity index (χ1v) is 11.7. The second-order valence-corrected chi connectivity index (χ2v) is 9.47. The number of benzene rings is 2. The van der Waals surface area contributed by atoms with E-state index in [2.05, 4.69) is 49.1 Å². The van der Waals surface area contributed by atoms with Gasteiger partial charge in [0.05, 0.1) is 0 Å². The van der Waals surface area contributed by atoms with Crippen LogP contribution < -0.4 is 0 Å². The normalized spacial score (nSPS) is 19.6. The third-order valence-corrected chi connectivity index (χ3v) is 6.94. The third-order valence-electron chi connectivity index (χ3n) is 6.94. The standard InChI is InChI=1S/C27H35F2N/c1-3-18-30(19-13-22-7-5-4-6-8-22)21(2)9-10-23-11-12-24(26(28)14-15-26)25(20-23)27(29)16-17-27/h4-8,11-12,20-21H,3,9-10,13-19H2,1-2H3. The SMILES string of the molecule is CCCN(CCc1ccccc1)C(C)CCc1ccc(C2(F)CC2)c(C2(F)CC2)c1. The Kier molecular flexibility index (Phi) is 6.29. The lowest BCUT2D eigenvalue weighted by molar-refractivity contribution is 0.202. The maximum absolute atomic E-state index is 14.9. The Labute approximate surface area is 180 Å². The molecule has 162 valence electrons. The number of aryl methyl sites for hydroxylation is 1. The van der Waals surface area contributed by atoms with Gasteiger partial charge in [-0.25, -0.2) is 8.78 Å². The Hall–Kier alpha value is -1.74. The van der Waals surface area contributed by atoms with Crippen molar-refractivity contribution in [3.05, 3.63) is 70.8 Å². The molecule has 1 atom stereocenters. The molecule has 3 heteroatoms. The predicted molar refractivity (Wildman–Crippen MR) is 120 cm³/mol. The maximum atomic E-state index is 14.9. The molecule has 0 N–H and O–H groups in total. The summed E-state index contributed by atoms with van der Waals surface area (Å²) >= 11 is 0. The van der Waals surface area contributed by atoms with Crippen LogP contribution >= 0.6 is 0 Å². The molecule has 2 fully saturated rings. The predicted octanol–water partition coefficient (Wildman–Crippen LogP) is 6.88. The van der Waals surface area contributed by atoms with Crippen molar-refractivity contribution in [2.24, 2.45) is 0 Å². The Bertz CT molecular complexity index is 839. The van der Waals surface area contributed by atoms with Crippen molar-refractivity contribution in [3.63, 3.8) is 0 Å². The van der Waals surface area contributed by atoms with Gasteiger partial charge in [0, 0.05) is 12.6 Å². The summed E-state index contributed by atoms with van der Waals surface area (Å²) in [7, 11) is 0. The van der Waals surface area contributed by atoms with E-state index in [4.69, 9.17) is 0 Å². The van der Waals surface area contributed by atoms with Crippen LogP contribution in [0.15, 0.2) is 48.5 Å². The summed E-state index contributed by atoms with van der Waals surface area (Å²) < 4.78 is 29.7. The van der Waals surface area contributed by atoms with E-state index >= 15 is 0 Å². The summed E-state index contributed by atoms with van der Waals surface area (Å²) in [6.07, 6.45) is 6.32. The molecule has 2 aliphatic rings. The quantitative estimate of drug-likeness (QED) is 0.389. The van der Waals surface area contributed by atoms with Crippen LogP contribution in [0.1, 0.15) is 74.6 Å². The average Bonchev–Trinajstić information content (AvgIpc) is 3.69. The largest absolute Gasteiger partial charge is 0.300 e. The number of hydrogen-bond acceptors (Lipinski definition) is 1. The molecule has 0 amide bonds. The molecule has 30 heavy (non-hydrogen) atoms. The molecule has 1 nitrogen and oxygen atoms in total. The van der Waals surface area contributed by atoms with E-state index < -0.39 is 11.3 Å². The van der Waals surface area contributed by atoms with Crippen LogP contribution in [0.4, 0.5) is 8.78 Å². The number of nitrogens with zero attached hydrogens (tertiary/aromatic N) is 1. The lowest BCUT2D eigenvalue weighted by atomic mass is 9.92. The molecule has 0 spiro atoms. The minimum absolute atomic E-state index is 0.466. The van der Waals surface area contributed by atoms with Crippen molar-refractivity contribution in [2.45, 2.75) is 82.6 Å². The Morgan fingerprint density at radius 1 is 0.833 bits per heavy atom. The van der Waals surface area contributed by atoms with Gasteiger partial charge in [0.1, 0.15) is 11.3 Å². The zero-order chi connectivity index (χ0) is 21.2. The van der Waals surface area contributed by atoms with Crippen LogP contribution in [0.25, 0.3) is 0 Å². The Morgan fingerprint density at radius 2 is 1.50 bits per heavy atom.